The molecule has 2 aromatic carbocycles. The quantitative estimate of drug-likeness (QED) is 0.442. The first-order chi connectivity index (χ1) is 17.4. The summed E-state index contributed by atoms with van der Waals surface area (Å²) in [5.41, 5.74) is 8.67. The fourth-order valence-electron chi connectivity index (χ4n) is 4.32. The van der Waals surface area contributed by atoms with Gasteiger partial charge in [0.1, 0.15) is 0 Å². The molecule has 1 fully saturated rings. The van der Waals surface area contributed by atoms with Crippen molar-refractivity contribution in [3.8, 4) is 6.07 Å². The van der Waals surface area contributed by atoms with Crippen LogP contribution in [0.2, 0.25) is 0 Å². The van der Waals surface area contributed by atoms with Crippen LogP contribution in [0.4, 0.5) is 5.69 Å². The third kappa shape index (κ3) is 9.64. The van der Waals surface area contributed by atoms with E-state index < -0.39 is 0 Å². The van der Waals surface area contributed by atoms with E-state index in [1.54, 1.807) is 0 Å². The Morgan fingerprint density at radius 3 is 2.36 bits per heavy atom. The summed E-state index contributed by atoms with van der Waals surface area (Å²) in [5, 5.41) is 14.4. The van der Waals surface area contributed by atoms with E-state index in [0.717, 1.165) is 52.7 Å². The van der Waals surface area contributed by atoms with Crippen LogP contribution < -0.4 is 10.6 Å². The summed E-state index contributed by atoms with van der Waals surface area (Å²) in [6, 6.07) is 16.1. The number of likely N-dealkylation sites (N-methyl/N-ethyl adjacent to an activating group) is 1. The summed E-state index contributed by atoms with van der Waals surface area (Å²) in [6.45, 7) is 11.6. The molecule has 1 heterocycles. The highest BCUT2D eigenvalue weighted by atomic mass is 16.1. The Morgan fingerprint density at radius 1 is 1.14 bits per heavy atom. The van der Waals surface area contributed by atoms with E-state index in [9.17, 15) is 4.79 Å². The molecular weight excluding hydrogens is 444 g/mol. The monoisotopic (exact) mass is 484 g/mol. The Morgan fingerprint density at radius 2 is 1.83 bits per heavy atom. The first-order valence-electron chi connectivity index (χ1n) is 12.7. The molecule has 2 N–H and O–H groups in total. The van der Waals surface area contributed by atoms with Gasteiger partial charge in [-0.05, 0) is 93.1 Å². The van der Waals surface area contributed by atoms with Gasteiger partial charge in [-0.1, -0.05) is 55.7 Å². The zero-order valence-corrected chi connectivity index (χ0v) is 22.2. The van der Waals surface area contributed by atoms with Gasteiger partial charge in [0.15, 0.2) is 0 Å². The molecule has 0 bridgehead atoms. The van der Waals surface area contributed by atoms with Crippen LogP contribution in [0.15, 0.2) is 65.7 Å². The Kier molecular flexibility index (Phi) is 12.4. The van der Waals surface area contributed by atoms with E-state index in [4.69, 9.17) is 5.26 Å². The number of nitrogens with one attached hydrogen (secondary N) is 2. The number of amides is 1. The first-order valence-corrected chi connectivity index (χ1v) is 12.7. The summed E-state index contributed by atoms with van der Waals surface area (Å²) in [6.07, 6.45) is 9.60. The zero-order chi connectivity index (χ0) is 26.3. The van der Waals surface area contributed by atoms with Crippen molar-refractivity contribution in [3.05, 3.63) is 82.9 Å². The number of anilines is 1. The van der Waals surface area contributed by atoms with Crippen LogP contribution in [0.1, 0.15) is 74.1 Å². The van der Waals surface area contributed by atoms with E-state index in [1.807, 2.05) is 58.2 Å². The molecule has 0 atom stereocenters. The number of nitriles is 1. The molecule has 2 aliphatic rings. The van der Waals surface area contributed by atoms with Crippen LogP contribution in [0.5, 0.6) is 0 Å². The highest BCUT2D eigenvalue weighted by Crippen LogP contribution is 2.32. The Labute approximate surface area is 217 Å². The first kappa shape index (κ1) is 28.7. The maximum absolute atomic E-state index is 10.3. The van der Waals surface area contributed by atoms with E-state index in [2.05, 4.69) is 46.5 Å². The molecule has 2 aromatic rings. The minimum absolute atomic E-state index is 0.685. The van der Waals surface area contributed by atoms with Gasteiger partial charge >= 0.3 is 0 Å². The Bertz CT molecular complexity index is 1100. The number of aliphatic imine (C=N–C) groups is 1. The molecule has 0 aromatic heterocycles. The fraction of sp³-hybridized carbons (Fsp3) is 0.387. The molecule has 0 unspecified atom stereocenters. The molecule has 0 saturated heterocycles. The molecule has 1 saturated carbocycles. The van der Waals surface area contributed by atoms with Crippen molar-refractivity contribution in [2.24, 2.45) is 4.99 Å². The molecule has 1 aliphatic heterocycles. The predicted molar refractivity (Wildman–Crippen MR) is 153 cm³/mol. The smallest absolute Gasteiger partial charge is 0.211 e. The SMILES string of the molecule is C=C(C)c1ccc(C)c(NC=O)c1.CNCC1=CC(C)=NC1.N#Cc1ccc(C2CCCCC2)cc1. The molecule has 5 nitrogen and oxygen atoms in total. The van der Waals surface area contributed by atoms with E-state index in [-0.39, 0.29) is 0 Å². The second-order valence-electron chi connectivity index (χ2n) is 9.43. The van der Waals surface area contributed by atoms with Crippen molar-refractivity contribution in [1.29, 1.82) is 5.26 Å². The lowest BCUT2D eigenvalue weighted by molar-refractivity contribution is -0.105. The highest BCUT2D eigenvalue weighted by molar-refractivity contribution is 5.95. The van der Waals surface area contributed by atoms with Crippen molar-refractivity contribution in [1.82, 2.24) is 5.32 Å². The number of hydrogen-bond donors (Lipinski definition) is 2. The molecule has 36 heavy (non-hydrogen) atoms. The van der Waals surface area contributed by atoms with Gasteiger partial charge in [-0.25, -0.2) is 0 Å². The third-order valence-corrected chi connectivity index (χ3v) is 6.41. The average Bonchev–Trinajstić information content (AvgIpc) is 3.31. The van der Waals surface area contributed by atoms with E-state index in [0.29, 0.717) is 6.41 Å². The molecule has 190 valence electrons. The number of carbonyl (C=O) groups is 1. The summed E-state index contributed by atoms with van der Waals surface area (Å²) in [4.78, 5) is 14.5. The normalized spacial score (nSPS) is 14.6. The molecule has 4 rings (SSSR count). The lowest BCUT2D eigenvalue weighted by Gasteiger charge is -2.21. The van der Waals surface area contributed by atoms with Crippen molar-refractivity contribution >= 4 is 23.4 Å². The average molecular weight is 485 g/mol. The molecule has 1 aliphatic carbocycles. The molecular formula is C31H40N4O. The number of aryl methyl sites for hydroxylation is 1. The summed E-state index contributed by atoms with van der Waals surface area (Å²) < 4.78 is 0. The second kappa shape index (κ2) is 15.5. The fourth-order valence-corrected chi connectivity index (χ4v) is 4.32. The van der Waals surface area contributed by atoms with Gasteiger partial charge < -0.3 is 10.6 Å². The number of carbonyl (C=O) groups excluding carboxylic acids is 1. The van der Waals surface area contributed by atoms with Gasteiger partial charge in [0, 0.05) is 17.9 Å². The molecule has 0 radical (unpaired) electrons. The molecule has 5 heteroatoms. The zero-order valence-electron chi connectivity index (χ0n) is 22.2. The van der Waals surface area contributed by atoms with Crippen LogP contribution in [-0.4, -0.2) is 32.3 Å². The van der Waals surface area contributed by atoms with Crippen molar-refractivity contribution in [3.63, 3.8) is 0 Å². The topological polar surface area (TPSA) is 77.3 Å². The number of allylic oxidation sites excluding steroid dienone is 2. The minimum Gasteiger partial charge on any atom is -0.328 e. The number of rotatable bonds is 6. The molecule has 0 spiro atoms. The third-order valence-electron chi connectivity index (χ3n) is 6.41. The van der Waals surface area contributed by atoms with Crippen LogP contribution in [0.25, 0.3) is 5.57 Å². The Balaban J connectivity index is 0.000000195. The van der Waals surface area contributed by atoms with Crippen LogP contribution in [-0.2, 0) is 4.79 Å². The van der Waals surface area contributed by atoms with Gasteiger partial charge in [-0.3, -0.25) is 9.79 Å². The highest BCUT2D eigenvalue weighted by Gasteiger charge is 2.14. The standard InChI is InChI=1S/C13H15N.C11H13NO.C7H12N2/c14-10-11-6-8-13(9-7-11)12-4-2-1-3-5-12;1-8(2)10-5-4-9(3)11(6-10)12-7-13;1-6-3-7(4-8-2)5-9-6/h6-9,12H,1-5H2;4-7H,1H2,2-3H3,(H,12,13);3,8H,4-5H2,1-2H3. The summed E-state index contributed by atoms with van der Waals surface area (Å²) in [5.74, 6) is 0.747. The summed E-state index contributed by atoms with van der Waals surface area (Å²) >= 11 is 0. The van der Waals surface area contributed by atoms with Crippen molar-refractivity contribution in [2.75, 3.05) is 25.5 Å². The predicted octanol–water partition coefficient (Wildman–Crippen LogP) is 6.81. The van der Waals surface area contributed by atoms with Gasteiger partial charge in [0.25, 0.3) is 0 Å². The van der Waals surface area contributed by atoms with Crippen LogP contribution in [0, 0.1) is 18.3 Å². The minimum atomic E-state index is 0.685. The van der Waals surface area contributed by atoms with Crippen LogP contribution >= 0.6 is 0 Å². The Hall–Kier alpha value is -3.49. The largest absolute Gasteiger partial charge is 0.328 e. The second-order valence-corrected chi connectivity index (χ2v) is 9.43. The maximum atomic E-state index is 10.3. The van der Waals surface area contributed by atoms with Gasteiger partial charge in [0.05, 0.1) is 18.2 Å². The lowest BCUT2D eigenvalue weighted by Crippen LogP contribution is -2.10. The number of hydrogen-bond acceptors (Lipinski definition) is 4. The van der Waals surface area contributed by atoms with Gasteiger partial charge in [-0.15, -0.1) is 0 Å². The van der Waals surface area contributed by atoms with E-state index >= 15 is 0 Å². The number of benzene rings is 2. The maximum Gasteiger partial charge on any atom is 0.211 e. The number of nitrogens with zero attached hydrogens (tertiary/aromatic N) is 2. The van der Waals surface area contributed by atoms with Gasteiger partial charge in [0.2, 0.25) is 6.41 Å². The lowest BCUT2D eigenvalue weighted by atomic mass is 9.84. The van der Waals surface area contributed by atoms with Crippen LogP contribution in [0.3, 0.4) is 0 Å². The molecule has 1 amide bonds. The van der Waals surface area contributed by atoms with Gasteiger partial charge in [-0.2, -0.15) is 5.26 Å². The van der Waals surface area contributed by atoms with E-state index in [1.165, 1.54) is 43.2 Å². The van der Waals surface area contributed by atoms with Crippen molar-refractivity contribution < 1.29 is 4.79 Å². The van der Waals surface area contributed by atoms with Crippen molar-refractivity contribution in [2.45, 2.75) is 58.8 Å². The summed E-state index contributed by atoms with van der Waals surface area (Å²) in [7, 11) is 1.95.